The van der Waals surface area contributed by atoms with Crippen molar-refractivity contribution in [1.82, 2.24) is 10.2 Å². The summed E-state index contributed by atoms with van der Waals surface area (Å²) in [6.07, 6.45) is 2.86. The molecule has 0 bridgehead atoms. The first kappa shape index (κ1) is 12.9. The highest BCUT2D eigenvalue weighted by molar-refractivity contribution is 4.72. The van der Waals surface area contributed by atoms with E-state index in [-0.39, 0.29) is 5.54 Å². The van der Waals surface area contributed by atoms with Crippen molar-refractivity contribution in [2.24, 2.45) is 0 Å². The Hall–Kier alpha value is -0.120. The van der Waals surface area contributed by atoms with Gasteiger partial charge < -0.3 is 15.0 Å². The molecule has 1 aliphatic heterocycles. The summed E-state index contributed by atoms with van der Waals surface area (Å²) in [6, 6.07) is 0. The van der Waals surface area contributed by atoms with Crippen LogP contribution in [0.2, 0.25) is 0 Å². The lowest BCUT2D eigenvalue weighted by Gasteiger charge is -2.29. The van der Waals surface area contributed by atoms with Gasteiger partial charge in [0.25, 0.3) is 0 Å². The molecule has 0 atom stereocenters. The second-order valence-electron chi connectivity index (χ2n) is 5.55. The van der Waals surface area contributed by atoms with Crippen molar-refractivity contribution in [1.29, 1.82) is 0 Å². The minimum absolute atomic E-state index is 0.205. The zero-order valence-corrected chi connectivity index (χ0v) is 10.7. The molecule has 0 aliphatic carbocycles. The van der Waals surface area contributed by atoms with Crippen LogP contribution in [0.1, 0.15) is 33.6 Å². The average Bonchev–Trinajstić information content (AvgIpc) is 2.14. The van der Waals surface area contributed by atoms with E-state index in [1.54, 1.807) is 0 Å². The fraction of sp³-hybridized carbons (Fsp3) is 1.00. The van der Waals surface area contributed by atoms with E-state index in [1.807, 2.05) is 0 Å². The largest absolute Gasteiger partial charge is 0.377 e. The first-order chi connectivity index (χ1) is 6.97. The van der Waals surface area contributed by atoms with Crippen molar-refractivity contribution in [3.8, 4) is 0 Å². The van der Waals surface area contributed by atoms with E-state index in [4.69, 9.17) is 4.74 Å². The summed E-state index contributed by atoms with van der Waals surface area (Å²) in [4.78, 5) is 2.37. The Balaban J connectivity index is 2.01. The third kappa shape index (κ3) is 6.13. The van der Waals surface area contributed by atoms with Gasteiger partial charge in [0.15, 0.2) is 0 Å². The Morgan fingerprint density at radius 1 is 1.27 bits per heavy atom. The summed E-state index contributed by atoms with van der Waals surface area (Å²) in [6.45, 7) is 10.7. The summed E-state index contributed by atoms with van der Waals surface area (Å²) < 4.78 is 5.84. The molecule has 1 saturated heterocycles. The fourth-order valence-corrected chi connectivity index (χ4v) is 1.80. The highest BCUT2D eigenvalue weighted by Gasteiger charge is 2.16. The quantitative estimate of drug-likeness (QED) is 0.718. The molecule has 1 rings (SSSR count). The van der Waals surface area contributed by atoms with Crippen LogP contribution in [0.25, 0.3) is 0 Å². The van der Waals surface area contributed by atoms with Crippen LogP contribution in [-0.2, 0) is 4.74 Å². The number of hydrogen-bond acceptors (Lipinski definition) is 3. The van der Waals surface area contributed by atoms with Gasteiger partial charge in [0.1, 0.15) is 0 Å². The zero-order valence-electron chi connectivity index (χ0n) is 10.7. The molecular weight excluding hydrogens is 188 g/mol. The van der Waals surface area contributed by atoms with Crippen molar-refractivity contribution in [2.45, 2.75) is 45.3 Å². The van der Waals surface area contributed by atoms with Gasteiger partial charge in [0, 0.05) is 25.2 Å². The van der Waals surface area contributed by atoms with E-state index in [0.29, 0.717) is 6.10 Å². The molecule has 1 aliphatic rings. The monoisotopic (exact) mass is 214 g/mol. The summed E-state index contributed by atoms with van der Waals surface area (Å²) in [5.74, 6) is 0. The Bertz CT molecular complexity index is 169. The van der Waals surface area contributed by atoms with E-state index in [1.165, 1.54) is 25.9 Å². The highest BCUT2D eigenvalue weighted by Crippen LogP contribution is 2.11. The van der Waals surface area contributed by atoms with Crippen LogP contribution in [0.5, 0.6) is 0 Å². The molecule has 1 fully saturated rings. The van der Waals surface area contributed by atoms with Gasteiger partial charge >= 0.3 is 0 Å². The summed E-state index contributed by atoms with van der Waals surface area (Å²) >= 11 is 0. The zero-order chi connectivity index (χ0) is 11.3. The number of nitrogens with one attached hydrogen (secondary N) is 1. The van der Waals surface area contributed by atoms with Gasteiger partial charge in [0.05, 0.1) is 12.7 Å². The fourth-order valence-electron chi connectivity index (χ4n) is 1.80. The normalized spacial score (nSPS) is 20.8. The molecule has 0 aromatic rings. The van der Waals surface area contributed by atoms with Gasteiger partial charge in [-0.25, -0.2) is 0 Å². The van der Waals surface area contributed by atoms with Crippen molar-refractivity contribution in [2.75, 3.05) is 33.3 Å². The summed E-state index contributed by atoms with van der Waals surface area (Å²) in [5.41, 5.74) is 0.205. The third-order valence-electron chi connectivity index (χ3n) is 2.78. The van der Waals surface area contributed by atoms with Crippen LogP contribution in [0.15, 0.2) is 0 Å². The predicted octanol–water partition coefficient (Wildman–Crippen LogP) is 1.49. The second-order valence-corrected chi connectivity index (χ2v) is 5.55. The standard InChI is InChI=1S/C12H26N2O/c1-12(2,3)13-7-10-15-11-5-8-14(4)9-6-11/h11,13H,5-10H2,1-4H3. The Kier molecular flexibility index (Phi) is 5.03. The number of nitrogens with zero attached hydrogens (tertiary/aromatic N) is 1. The second kappa shape index (κ2) is 5.83. The lowest BCUT2D eigenvalue weighted by molar-refractivity contribution is 0.0126. The van der Waals surface area contributed by atoms with Crippen molar-refractivity contribution in [3.05, 3.63) is 0 Å². The maximum Gasteiger partial charge on any atom is 0.0600 e. The molecule has 0 saturated carbocycles. The third-order valence-corrected chi connectivity index (χ3v) is 2.78. The molecule has 0 aromatic carbocycles. The Morgan fingerprint density at radius 2 is 1.87 bits per heavy atom. The van der Waals surface area contributed by atoms with E-state index in [9.17, 15) is 0 Å². The number of ether oxygens (including phenoxy) is 1. The lowest BCUT2D eigenvalue weighted by Crippen LogP contribution is -2.39. The molecule has 0 radical (unpaired) electrons. The van der Waals surface area contributed by atoms with E-state index in [2.05, 4.69) is 38.0 Å². The van der Waals surface area contributed by atoms with Crippen LogP contribution in [0.4, 0.5) is 0 Å². The van der Waals surface area contributed by atoms with Crippen LogP contribution in [0.3, 0.4) is 0 Å². The van der Waals surface area contributed by atoms with Gasteiger partial charge in [-0.1, -0.05) is 0 Å². The Labute approximate surface area is 94.2 Å². The summed E-state index contributed by atoms with van der Waals surface area (Å²) in [7, 11) is 2.18. The molecule has 0 aromatic heterocycles. The summed E-state index contributed by atoms with van der Waals surface area (Å²) in [5, 5.41) is 3.43. The van der Waals surface area contributed by atoms with Crippen LogP contribution in [-0.4, -0.2) is 49.8 Å². The minimum Gasteiger partial charge on any atom is -0.377 e. The van der Waals surface area contributed by atoms with Gasteiger partial charge in [-0.05, 0) is 40.7 Å². The maximum atomic E-state index is 5.84. The molecule has 1 heterocycles. The first-order valence-corrected chi connectivity index (χ1v) is 6.02. The van der Waals surface area contributed by atoms with Gasteiger partial charge in [-0.15, -0.1) is 0 Å². The molecule has 1 N–H and O–H groups in total. The highest BCUT2D eigenvalue weighted by atomic mass is 16.5. The topological polar surface area (TPSA) is 24.5 Å². The smallest absolute Gasteiger partial charge is 0.0600 e. The maximum absolute atomic E-state index is 5.84. The molecule has 0 unspecified atom stereocenters. The number of hydrogen-bond donors (Lipinski definition) is 1. The number of likely N-dealkylation sites (tertiary alicyclic amines) is 1. The van der Waals surface area contributed by atoms with E-state index in [0.717, 1.165) is 13.2 Å². The molecular formula is C12H26N2O. The van der Waals surface area contributed by atoms with Crippen LogP contribution < -0.4 is 5.32 Å². The molecule has 3 nitrogen and oxygen atoms in total. The molecule has 0 spiro atoms. The van der Waals surface area contributed by atoms with Crippen molar-refractivity contribution >= 4 is 0 Å². The SMILES string of the molecule is CN1CCC(OCCNC(C)(C)C)CC1. The van der Waals surface area contributed by atoms with E-state index >= 15 is 0 Å². The lowest BCUT2D eigenvalue weighted by atomic mass is 10.1. The molecule has 3 heteroatoms. The average molecular weight is 214 g/mol. The first-order valence-electron chi connectivity index (χ1n) is 6.02. The molecule has 15 heavy (non-hydrogen) atoms. The van der Waals surface area contributed by atoms with Crippen LogP contribution >= 0.6 is 0 Å². The van der Waals surface area contributed by atoms with Gasteiger partial charge in [0.2, 0.25) is 0 Å². The molecule has 90 valence electrons. The van der Waals surface area contributed by atoms with Crippen molar-refractivity contribution < 1.29 is 4.74 Å². The molecule has 0 amide bonds. The van der Waals surface area contributed by atoms with Gasteiger partial charge in [-0.3, -0.25) is 0 Å². The van der Waals surface area contributed by atoms with E-state index < -0.39 is 0 Å². The number of rotatable bonds is 4. The van der Waals surface area contributed by atoms with Crippen LogP contribution in [0, 0.1) is 0 Å². The number of piperidine rings is 1. The van der Waals surface area contributed by atoms with Gasteiger partial charge in [-0.2, -0.15) is 0 Å². The van der Waals surface area contributed by atoms with Crippen molar-refractivity contribution in [3.63, 3.8) is 0 Å². The predicted molar refractivity (Wildman–Crippen MR) is 64.2 cm³/mol. The minimum atomic E-state index is 0.205. The Morgan fingerprint density at radius 3 is 2.40 bits per heavy atom.